The van der Waals surface area contributed by atoms with Crippen molar-refractivity contribution in [1.29, 1.82) is 0 Å². The lowest BCUT2D eigenvalue weighted by Gasteiger charge is -2.29. The molecule has 0 aromatic heterocycles. The Bertz CT molecular complexity index is 174. The highest BCUT2D eigenvalue weighted by Crippen LogP contribution is 2.17. The van der Waals surface area contributed by atoms with Crippen LogP contribution in [0.5, 0.6) is 0 Å². The van der Waals surface area contributed by atoms with Gasteiger partial charge in [-0.05, 0) is 71.1 Å². The second kappa shape index (κ2) is 7.29. The van der Waals surface area contributed by atoms with Gasteiger partial charge >= 0.3 is 0 Å². The molecule has 2 nitrogen and oxygen atoms in total. The summed E-state index contributed by atoms with van der Waals surface area (Å²) >= 11 is 0. The van der Waals surface area contributed by atoms with Gasteiger partial charge in [-0.2, -0.15) is 0 Å². The molecule has 2 unspecified atom stereocenters. The number of hydrogen-bond acceptors (Lipinski definition) is 2. The Kier molecular flexibility index (Phi) is 6.37. The van der Waals surface area contributed by atoms with Crippen LogP contribution in [0.1, 0.15) is 46.5 Å². The second-order valence-electron chi connectivity index (χ2n) is 5.82. The Balaban J connectivity index is 2.09. The van der Waals surface area contributed by atoms with Crippen molar-refractivity contribution in [3.05, 3.63) is 0 Å². The summed E-state index contributed by atoms with van der Waals surface area (Å²) in [4.78, 5) is 2.51. The van der Waals surface area contributed by atoms with Crippen molar-refractivity contribution < 1.29 is 0 Å². The molecular formula is C14H30N2. The number of rotatable bonds is 6. The zero-order valence-electron chi connectivity index (χ0n) is 11.6. The molecule has 0 radical (unpaired) electrons. The largest absolute Gasteiger partial charge is 0.316 e. The van der Waals surface area contributed by atoms with Gasteiger partial charge in [-0.1, -0.05) is 13.8 Å². The summed E-state index contributed by atoms with van der Waals surface area (Å²) < 4.78 is 0. The summed E-state index contributed by atoms with van der Waals surface area (Å²) in [7, 11) is 2.27. The van der Waals surface area contributed by atoms with Gasteiger partial charge < -0.3 is 10.2 Å². The first kappa shape index (κ1) is 14.0. The summed E-state index contributed by atoms with van der Waals surface area (Å²) in [5.41, 5.74) is 0. The molecular weight excluding hydrogens is 196 g/mol. The lowest BCUT2D eigenvalue weighted by molar-refractivity contribution is 0.198. The van der Waals surface area contributed by atoms with E-state index in [2.05, 4.69) is 38.0 Å². The molecule has 1 saturated heterocycles. The van der Waals surface area contributed by atoms with Crippen molar-refractivity contribution in [2.75, 3.05) is 26.7 Å². The van der Waals surface area contributed by atoms with E-state index in [1.807, 2.05) is 0 Å². The molecule has 2 atom stereocenters. The molecule has 0 aromatic carbocycles. The lowest BCUT2D eigenvalue weighted by atomic mass is 9.94. The summed E-state index contributed by atoms with van der Waals surface area (Å²) in [5.74, 6) is 1.71. The van der Waals surface area contributed by atoms with E-state index in [0.717, 1.165) is 11.8 Å². The molecule has 1 rings (SSSR count). The van der Waals surface area contributed by atoms with Crippen LogP contribution >= 0.6 is 0 Å². The van der Waals surface area contributed by atoms with Gasteiger partial charge in [-0.15, -0.1) is 0 Å². The molecule has 0 aliphatic carbocycles. The molecule has 1 aliphatic heterocycles. The summed E-state index contributed by atoms with van der Waals surface area (Å²) in [6.07, 6.45) is 5.58. The van der Waals surface area contributed by atoms with E-state index in [1.54, 1.807) is 0 Å². The quantitative estimate of drug-likeness (QED) is 0.749. The van der Waals surface area contributed by atoms with E-state index in [0.29, 0.717) is 6.04 Å². The van der Waals surface area contributed by atoms with E-state index in [9.17, 15) is 0 Å². The maximum Gasteiger partial charge on any atom is 0.00868 e. The van der Waals surface area contributed by atoms with Gasteiger partial charge in [0.1, 0.15) is 0 Å². The fourth-order valence-corrected chi connectivity index (χ4v) is 2.51. The van der Waals surface area contributed by atoms with E-state index in [-0.39, 0.29) is 0 Å². The molecule has 0 bridgehead atoms. The molecule has 0 amide bonds. The average Bonchev–Trinajstić information content (AvgIpc) is 2.29. The smallest absolute Gasteiger partial charge is 0.00868 e. The molecule has 1 aliphatic rings. The third-order valence-electron chi connectivity index (χ3n) is 4.18. The minimum Gasteiger partial charge on any atom is -0.316 e. The Labute approximate surface area is 102 Å². The van der Waals surface area contributed by atoms with E-state index >= 15 is 0 Å². The average molecular weight is 226 g/mol. The molecule has 1 heterocycles. The van der Waals surface area contributed by atoms with Crippen LogP contribution < -0.4 is 5.32 Å². The van der Waals surface area contributed by atoms with Crippen molar-refractivity contribution in [1.82, 2.24) is 10.2 Å². The van der Waals surface area contributed by atoms with Crippen LogP contribution in [-0.4, -0.2) is 37.6 Å². The van der Waals surface area contributed by atoms with Crippen molar-refractivity contribution in [2.45, 2.75) is 52.5 Å². The summed E-state index contributed by atoms with van der Waals surface area (Å²) in [6, 6.07) is 0.712. The van der Waals surface area contributed by atoms with Gasteiger partial charge in [-0.25, -0.2) is 0 Å². The predicted molar refractivity (Wildman–Crippen MR) is 71.8 cm³/mol. The molecule has 0 spiro atoms. The van der Waals surface area contributed by atoms with Crippen LogP contribution in [0, 0.1) is 11.8 Å². The van der Waals surface area contributed by atoms with Gasteiger partial charge in [0.15, 0.2) is 0 Å². The van der Waals surface area contributed by atoms with Crippen LogP contribution in [0.2, 0.25) is 0 Å². The Morgan fingerprint density at radius 1 is 1.31 bits per heavy atom. The Morgan fingerprint density at radius 3 is 2.62 bits per heavy atom. The molecule has 0 aromatic rings. The minimum atomic E-state index is 0.712. The first-order chi connectivity index (χ1) is 7.61. The van der Waals surface area contributed by atoms with E-state index in [1.165, 1.54) is 45.3 Å². The monoisotopic (exact) mass is 226 g/mol. The normalized spacial score (nSPS) is 24.0. The third-order valence-corrected chi connectivity index (χ3v) is 4.18. The van der Waals surface area contributed by atoms with Crippen LogP contribution in [0.4, 0.5) is 0 Å². The molecule has 0 saturated carbocycles. The van der Waals surface area contributed by atoms with Crippen molar-refractivity contribution >= 4 is 0 Å². The summed E-state index contributed by atoms with van der Waals surface area (Å²) in [6.45, 7) is 10.7. The van der Waals surface area contributed by atoms with Crippen molar-refractivity contribution in [3.8, 4) is 0 Å². The second-order valence-corrected chi connectivity index (χ2v) is 5.82. The van der Waals surface area contributed by atoms with Crippen LogP contribution in [0.25, 0.3) is 0 Å². The number of hydrogen-bond donors (Lipinski definition) is 1. The minimum absolute atomic E-state index is 0.712. The highest BCUT2D eigenvalue weighted by atomic mass is 15.1. The first-order valence-corrected chi connectivity index (χ1v) is 7.02. The zero-order chi connectivity index (χ0) is 12.0. The number of nitrogens with one attached hydrogen (secondary N) is 1. The maximum absolute atomic E-state index is 3.50. The molecule has 1 fully saturated rings. The van der Waals surface area contributed by atoms with Gasteiger partial charge in [0.25, 0.3) is 0 Å². The Morgan fingerprint density at radius 2 is 2.06 bits per heavy atom. The molecule has 16 heavy (non-hydrogen) atoms. The maximum atomic E-state index is 3.50. The van der Waals surface area contributed by atoms with Gasteiger partial charge in [0.2, 0.25) is 0 Å². The SMILES string of the molecule is CC(C)C(C)N(C)CCCC1CCCNC1. The van der Waals surface area contributed by atoms with E-state index < -0.39 is 0 Å². The lowest BCUT2D eigenvalue weighted by Crippen LogP contribution is -2.35. The van der Waals surface area contributed by atoms with Crippen LogP contribution in [-0.2, 0) is 0 Å². The predicted octanol–water partition coefficient (Wildman–Crippen LogP) is 2.74. The molecule has 2 heteroatoms. The third kappa shape index (κ3) is 4.84. The highest BCUT2D eigenvalue weighted by molar-refractivity contribution is 4.71. The number of piperidine rings is 1. The van der Waals surface area contributed by atoms with Gasteiger partial charge in [-0.3, -0.25) is 0 Å². The standard InChI is InChI=1S/C14H30N2/c1-12(2)13(3)16(4)10-6-8-14-7-5-9-15-11-14/h12-15H,5-11H2,1-4H3. The van der Waals surface area contributed by atoms with Crippen LogP contribution in [0.3, 0.4) is 0 Å². The number of nitrogens with zero attached hydrogens (tertiary/aromatic N) is 1. The fourth-order valence-electron chi connectivity index (χ4n) is 2.51. The molecule has 1 N–H and O–H groups in total. The first-order valence-electron chi connectivity index (χ1n) is 7.02. The fraction of sp³-hybridized carbons (Fsp3) is 1.00. The zero-order valence-corrected chi connectivity index (χ0v) is 11.6. The highest BCUT2D eigenvalue weighted by Gasteiger charge is 2.15. The van der Waals surface area contributed by atoms with Crippen molar-refractivity contribution in [3.63, 3.8) is 0 Å². The van der Waals surface area contributed by atoms with Gasteiger partial charge in [0.05, 0.1) is 0 Å². The van der Waals surface area contributed by atoms with Crippen LogP contribution in [0.15, 0.2) is 0 Å². The summed E-state index contributed by atoms with van der Waals surface area (Å²) in [5, 5.41) is 3.50. The molecule has 96 valence electrons. The van der Waals surface area contributed by atoms with E-state index in [4.69, 9.17) is 0 Å². The topological polar surface area (TPSA) is 15.3 Å². The van der Waals surface area contributed by atoms with Crippen molar-refractivity contribution in [2.24, 2.45) is 11.8 Å². The van der Waals surface area contributed by atoms with Gasteiger partial charge in [0, 0.05) is 6.04 Å². The Hall–Kier alpha value is -0.0800.